The van der Waals surface area contributed by atoms with Gasteiger partial charge in [0.25, 0.3) is 0 Å². The summed E-state index contributed by atoms with van der Waals surface area (Å²) in [5.41, 5.74) is 2.13. The van der Waals surface area contributed by atoms with Gasteiger partial charge in [0, 0.05) is 10.5 Å². The molecule has 2 aromatic carbocycles. The van der Waals surface area contributed by atoms with Gasteiger partial charge in [0.05, 0.1) is 17.1 Å². The maximum atomic E-state index is 12.4. The van der Waals surface area contributed by atoms with Crippen LogP contribution in [-0.2, 0) is 0 Å². The minimum absolute atomic E-state index is 0.0919. The fourth-order valence-electron chi connectivity index (χ4n) is 2.22. The van der Waals surface area contributed by atoms with Crippen LogP contribution in [0.25, 0.3) is 0 Å². The van der Waals surface area contributed by atoms with Gasteiger partial charge in [-0.2, -0.15) is 0 Å². The summed E-state index contributed by atoms with van der Waals surface area (Å²) in [7, 11) is 0. The normalized spacial score (nSPS) is 20.3. The highest BCUT2D eigenvalue weighted by Gasteiger charge is 2.31. The van der Waals surface area contributed by atoms with E-state index in [4.69, 9.17) is 0 Å². The molecule has 0 spiro atoms. The maximum Gasteiger partial charge on any atom is 0.194 e. The average molecular weight is 268 g/mol. The lowest BCUT2D eigenvalue weighted by Crippen LogP contribution is -2.16. The summed E-state index contributed by atoms with van der Waals surface area (Å²) in [6, 6.07) is 17.3. The summed E-state index contributed by atoms with van der Waals surface area (Å²) in [5, 5.41) is 9.28. The zero-order chi connectivity index (χ0) is 13.2. The molecule has 94 valence electrons. The van der Waals surface area contributed by atoms with Crippen molar-refractivity contribution in [1.29, 1.82) is 0 Å². The van der Waals surface area contributed by atoms with Crippen LogP contribution >= 0.6 is 11.8 Å². The molecule has 1 atom stereocenters. The van der Waals surface area contributed by atoms with Crippen LogP contribution in [0.1, 0.15) is 21.2 Å². The third-order valence-corrected chi connectivity index (χ3v) is 4.53. The predicted octanol–water partition coefficient (Wildman–Crippen LogP) is 4.16. The number of rotatable bonds is 1. The first-order valence-electron chi connectivity index (χ1n) is 6.01. The summed E-state index contributed by atoms with van der Waals surface area (Å²) in [5.74, 6) is -0.0919. The van der Waals surface area contributed by atoms with Gasteiger partial charge in [-0.3, -0.25) is 4.79 Å². The number of carbonyl (C=O) groups is 1. The number of aliphatic hydroxyl groups excluding tert-OH is 1. The first-order valence-corrected chi connectivity index (χ1v) is 6.89. The molecule has 0 aliphatic carbocycles. The second kappa shape index (κ2) is 4.94. The number of fused-ring (bicyclic) bond motifs is 1. The van der Waals surface area contributed by atoms with E-state index in [1.54, 1.807) is 17.8 Å². The van der Waals surface area contributed by atoms with E-state index in [1.165, 1.54) is 0 Å². The number of ketones is 1. The Morgan fingerprint density at radius 3 is 2.42 bits per heavy atom. The van der Waals surface area contributed by atoms with Crippen LogP contribution in [0.2, 0.25) is 0 Å². The molecule has 0 aromatic heterocycles. The predicted molar refractivity (Wildman–Crippen MR) is 76.5 cm³/mol. The second-order valence-corrected chi connectivity index (χ2v) is 5.47. The fourth-order valence-corrected chi connectivity index (χ4v) is 3.51. The van der Waals surface area contributed by atoms with Crippen molar-refractivity contribution >= 4 is 17.5 Å². The Morgan fingerprint density at radius 1 is 1.00 bits per heavy atom. The number of carbonyl (C=O) groups excluding carboxylic acids is 1. The van der Waals surface area contributed by atoms with E-state index in [0.29, 0.717) is 11.1 Å². The SMILES string of the molecule is O=C1C(=CO)C(c2ccccc2)Sc2ccccc21. The highest BCUT2D eigenvalue weighted by Crippen LogP contribution is 2.47. The van der Waals surface area contributed by atoms with Crippen LogP contribution in [0.5, 0.6) is 0 Å². The largest absolute Gasteiger partial charge is 0.515 e. The van der Waals surface area contributed by atoms with E-state index in [0.717, 1.165) is 16.7 Å². The van der Waals surface area contributed by atoms with Crippen molar-refractivity contribution in [2.75, 3.05) is 0 Å². The van der Waals surface area contributed by atoms with Gasteiger partial charge in [-0.15, -0.1) is 11.8 Å². The van der Waals surface area contributed by atoms with E-state index >= 15 is 0 Å². The zero-order valence-electron chi connectivity index (χ0n) is 10.1. The third kappa shape index (κ3) is 2.06. The molecule has 1 heterocycles. The van der Waals surface area contributed by atoms with Gasteiger partial charge in [0.2, 0.25) is 0 Å². The topological polar surface area (TPSA) is 37.3 Å². The van der Waals surface area contributed by atoms with Crippen molar-refractivity contribution in [1.82, 2.24) is 0 Å². The molecule has 19 heavy (non-hydrogen) atoms. The van der Waals surface area contributed by atoms with Gasteiger partial charge in [-0.25, -0.2) is 0 Å². The monoisotopic (exact) mass is 268 g/mol. The lowest BCUT2D eigenvalue weighted by Gasteiger charge is -2.25. The molecular weight excluding hydrogens is 256 g/mol. The molecule has 1 aliphatic heterocycles. The number of benzene rings is 2. The van der Waals surface area contributed by atoms with Gasteiger partial charge in [0.1, 0.15) is 0 Å². The molecule has 1 N–H and O–H groups in total. The van der Waals surface area contributed by atoms with Crippen LogP contribution in [0.4, 0.5) is 0 Å². The molecule has 3 heteroatoms. The first kappa shape index (κ1) is 12.1. The van der Waals surface area contributed by atoms with Gasteiger partial charge in [0.15, 0.2) is 5.78 Å². The molecule has 0 amide bonds. The minimum atomic E-state index is -0.145. The van der Waals surface area contributed by atoms with E-state index in [1.807, 2.05) is 48.5 Å². The maximum absolute atomic E-state index is 12.4. The van der Waals surface area contributed by atoms with E-state index < -0.39 is 0 Å². The lowest BCUT2D eigenvalue weighted by atomic mass is 9.96. The van der Waals surface area contributed by atoms with Crippen molar-refractivity contribution in [2.45, 2.75) is 10.1 Å². The second-order valence-electron chi connectivity index (χ2n) is 4.32. The molecule has 1 aliphatic rings. The highest BCUT2D eigenvalue weighted by molar-refractivity contribution is 8.00. The fraction of sp³-hybridized carbons (Fsp3) is 0.0625. The average Bonchev–Trinajstić information content (AvgIpc) is 2.48. The van der Waals surface area contributed by atoms with E-state index in [9.17, 15) is 9.90 Å². The molecule has 2 nitrogen and oxygen atoms in total. The Kier molecular flexibility index (Phi) is 3.13. The Bertz CT molecular complexity index is 647. The molecule has 0 radical (unpaired) electrons. The molecule has 0 bridgehead atoms. The molecule has 0 fully saturated rings. The molecule has 0 saturated heterocycles. The number of Topliss-reactive ketones (excluding diaryl/α,β-unsaturated/α-hetero) is 1. The van der Waals surface area contributed by atoms with Crippen molar-refractivity contribution in [3.05, 3.63) is 77.6 Å². The Labute approximate surface area is 115 Å². The van der Waals surface area contributed by atoms with Crippen LogP contribution in [0.15, 0.2) is 71.3 Å². The summed E-state index contributed by atoms with van der Waals surface area (Å²) in [6.07, 6.45) is 0.947. The summed E-state index contributed by atoms with van der Waals surface area (Å²) >= 11 is 1.60. The van der Waals surface area contributed by atoms with Crippen LogP contribution in [0.3, 0.4) is 0 Å². The smallest absolute Gasteiger partial charge is 0.194 e. The Balaban J connectivity index is 2.11. The van der Waals surface area contributed by atoms with Crippen molar-refractivity contribution < 1.29 is 9.90 Å². The number of thioether (sulfide) groups is 1. The van der Waals surface area contributed by atoms with Gasteiger partial charge in [-0.05, 0) is 17.7 Å². The van der Waals surface area contributed by atoms with Crippen molar-refractivity contribution in [3.8, 4) is 0 Å². The quantitative estimate of drug-likeness (QED) is 0.623. The van der Waals surface area contributed by atoms with E-state index in [2.05, 4.69) is 0 Å². The summed E-state index contributed by atoms with van der Waals surface area (Å²) < 4.78 is 0. The molecule has 1 unspecified atom stereocenters. The third-order valence-electron chi connectivity index (χ3n) is 3.16. The summed E-state index contributed by atoms with van der Waals surface area (Å²) in [6.45, 7) is 0. The minimum Gasteiger partial charge on any atom is -0.515 e. The number of hydrogen-bond acceptors (Lipinski definition) is 3. The van der Waals surface area contributed by atoms with Gasteiger partial charge >= 0.3 is 0 Å². The molecular formula is C16H12O2S. The standard InChI is InChI=1S/C16H12O2S/c17-10-13-15(18)12-8-4-5-9-14(12)19-16(13)11-6-2-1-3-7-11/h1-10,16-17H. The summed E-state index contributed by atoms with van der Waals surface area (Å²) in [4.78, 5) is 13.4. The van der Waals surface area contributed by atoms with Crippen molar-refractivity contribution in [2.24, 2.45) is 0 Å². The molecule has 2 aromatic rings. The van der Waals surface area contributed by atoms with Crippen LogP contribution in [0, 0.1) is 0 Å². The zero-order valence-corrected chi connectivity index (χ0v) is 10.9. The van der Waals surface area contributed by atoms with Crippen LogP contribution < -0.4 is 0 Å². The molecule has 0 saturated carbocycles. The van der Waals surface area contributed by atoms with Gasteiger partial charge in [-0.1, -0.05) is 42.5 Å². The van der Waals surface area contributed by atoms with Gasteiger partial charge < -0.3 is 5.11 Å². The lowest BCUT2D eigenvalue weighted by molar-refractivity contribution is 0.102. The van der Waals surface area contributed by atoms with E-state index in [-0.39, 0.29) is 11.0 Å². The highest BCUT2D eigenvalue weighted by atomic mass is 32.2. The Hall–Kier alpha value is -2.00. The number of hydrogen-bond donors (Lipinski definition) is 1. The molecule has 3 rings (SSSR count). The Morgan fingerprint density at radius 2 is 1.68 bits per heavy atom. The number of aliphatic hydroxyl groups is 1. The van der Waals surface area contributed by atoms with Crippen molar-refractivity contribution in [3.63, 3.8) is 0 Å². The van der Waals surface area contributed by atoms with Crippen LogP contribution in [-0.4, -0.2) is 10.9 Å². The first-order chi connectivity index (χ1) is 9.31.